The summed E-state index contributed by atoms with van der Waals surface area (Å²) >= 11 is 1.51. The molecule has 1 aromatic carbocycles. The summed E-state index contributed by atoms with van der Waals surface area (Å²) < 4.78 is 12.0. The van der Waals surface area contributed by atoms with Gasteiger partial charge in [0.15, 0.2) is 5.16 Å². The Bertz CT molecular complexity index is 835. The smallest absolute Gasteiger partial charge is 0.267 e. The summed E-state index contributed by atoms with van der Waals surface area (Å²) in [7, 11) is 3.13. The van der Waals surface area contributed by atoms with Crippen molar-refractivity contribution in [3.05, 3.63) is 45.9 Å². The topological polar surface area (TPSA) is 82.4 Å². The van der Waals surface area contributed by atoms with Crippen molar-refractivity contribution in [3.8, 4) is 11.5 Å². The van der Waals surface area contributed by atoms with Crippen LogP contribution in [0.15, 0.2) is 34.3 Å². The second-order valence-electron chi connectivity index (χ2n) is 5.12. The third kappa shape index (κ3) is 3.09. The summed E-state index contributed by atoms with van der Waals surface area (Å²) in [6.45, 7) is 0.797. The number of carbonyl (C=O) groups is 1. The zero-order chi connectivity index (χ0) is 17.1. The third-order valence-corrected chi connectivity index (χ3v) is 4.70. The van der Waals surface area contributed by atoms with Gasteiger partial charge in [-0.3, -0.25) is 14.2 Å². The number of benzene rings is 1. The van der Waals surface area contributed by atoms with Crippen LogP contribution in [0.2, 0.25) is 0 Å². The van der Waals surface area contributed by atoms with Gasteiger partial charge in [-0.25, -0.2) is 4.98 Å². The Labute approximate surface area is 143 Å². The van der Waals surface area contributed by atoms with Crippen molar-refractivity contribution in [1.29, 1.82) is 0 Å². The summed E-state index contributed by atoms with van der Waals surface area (Å²) in [6, 6.07) is 5.32. The Hall–Kier alpha value is -2.48. The van der Waals surface area contributed by atoms with Gasteiger partial charge in [0, 0.05) is 30.6 Å². The molecule has 1 aliphatic heterocycles. The lowest BCUT2D eigenvalue weighted by molar-refractivity contribution is 0.0947. The van der Waals surface area contributed by atoms with Gasteiger partial charge in [0.25, 0.3) is 11.5 Å². The minimum absolute atomic E-state index is 0.0445. The van der Waals surface area contributed by atoms with Crippen LogP contribution in [0.4, 0.5) is 0 Å². The van der Waals surface area contributed by atoms with Crippen LogP contribution < -0.4 is 20.3 Å². The van der Waals surface area contributed by atoms with E-state index in [0.29, 0.717) is 23.2 Å². The van der Waals surface area contributed by atoms with Crippen LogP contribution in [0, 0.1) is 0 Å². The maximum atomic E-state index is 12.3. The molecule has 8 heteroatoms. The van der Waals surface area contributed by atoms with Crippen LogP contribution in [0.1, 0.15) is 15.9 Å². The molecule has 1 aliphatic rings. The fraction of sp³-hybridized carbons (Fsp3) is 0.312. The first-order chi connectivity index (χ1) is 11.6. The second kappa shape index (κ2) is 6.96. The number of ether oxygens (including phenoxy) is 2. The largest absolute Gasteiger partial charge is 0.497 e. The van der Waals surface area contributed by atoms with Crippen LogP contribution in [0.25, 0.3) is 0 Å². The molecule has 3 rings (SSSR count). The van der Waals surface area contributed by atoms with Gasteiger partial charge in [-0.1, -0.05) is 11.8 Å². The Morgan fingerprint density at radius 2 is 2.21 bits per heavy atom. The Morgan fingerprint density at radius 1 is 1.38 bits per heavy atom. The fourth-order valence-electron chi connectivity index (χ4n) is 2.46. The van der Waals surface area contributed by atoms with Crippen molar-refractivity contribution in [2.24, 2.45) is 0 Å². The SMILES string of the molecule is COc1ccc(OC)c(CNC(=O)c2cnc3n(c2=O)CCS3)c1. The van der Waals surface area contributed by atoms with Gasteiger partial charge in [0.2, 0.25) is 0 Å². The van der Waals surface area contributed by atoms with Crippen molar-refractivity contribution in [1.82, 2.24) is 14.9 Å². The number of nitrogens with one attached hydrogen (secondary N) is 1. The molecule has 1 aromatic heterocycles. The summed E-state index contributed by atoms with van der Waals surface area (Å²) in [6.07, 6.45) is 1.34. The van der Waals surface area contributed by atoms with E-state index >= 15 is 0 Å². The molecule has 0 saturated heterocycles. The highest BCUT2D eigenvalue weighted by atomic mass is 32.2. The number of thioether (sulfide) groups is 1. The number of aromatic nitrogens is 2. The molecule has 126 valence electrons. The average molecular weight is 347 g/mol. The van der Waals surface area contributed by atoms with E-state index in [1.54, 1.807) is 32.4 Å². The molecule has 1 N–H and O–H groups in total. The molecule has 0 atom stereocenters. The standard InChI is InChI=1S/C16H17N3O4S/c1-22-11-3-4-13(23-2)10(7-11)8-17-14(20)12-9-18-16-19(15(12)21)5-6-24-16/h3-4,7,9H,5-6,8H2,1-2H3,(H,17,20). The molecule has 0 radical (unpaired) electrons. The lowest BCUT2D eigenvalue weighted by Gasteiger charge is -2.11. The van der Waals surface area contributed by atoms with E-state index < -0.39 is 5.91 Å². The van der Waals surface area contributed by atoms with E-state index in [2.05, 4.69) is 10.3 Å². The van der Waals surface area contributed by atoms with Crippen LogP contribution in [-0.2, 0) is 13.1 Å². The van der Waals surface area contributed by atoms with Gasteiger partial charge in [0.1, 0.15) is 17.1 Å². The van der Waals surface area contributed by atoms with Crippen molar-refractivity contribution in [2.75, 3.05) is 20.0 Å². The highest BCUT2D eigenvalue weighted by molar-refractivity contribution is 7.99. The number of methoxy groups -OCH3 is 2. The Balaban J connectivity index is 1.78. The van der Waals surface area contributed by atoms with Crippen LogP contribution in [0.5, 0.6) is 11.5 Å². The lowest BCUT2D eigenvalue weighted by Crippen LogP contribution is -2.33. The predicted molar refractivity (Wildman–Crippen MR) is 89.9 cm³/mol. The van der Waals surface area contributed by atoms with Crippen LogP contribution in [-0.4, -0.2) is 35.4 Å². The molecule has 0 bridgehead atoms. The van der Waals surface area contributed by atoms with Crippen molar-refractivity contribution in [3.63, 3.8) is 0 Å². The number of nitrogens with zero attached hydrogens (tertiary/aromatic N) is 2. The molecule has 7 nitrogen and oxygen atoms in total. The molecular weight excluding hydrogens is 330 g/mol. The minimum atomic E-state index is -0.454. The average Bonchev–Trinajstić information content (AvgIpc) is 3.09. The van der Waals surface area contributed by atoms with E-state index in [9.17, 15) is 9.59 Å². The summed E-state index contributed by atoms with van der Waals surface area (Å²) in [5.41, 5.74) is 0.498. The van der Waals surface area contributed by atoms with Gasteiger partial charge >= 0.3 is 0 Å². The first kappa shape index (κ1) is 16.4. The molecule has 0 spiro atoms. The van der Waals surface area contributed by atoms with Gasteiger partial charge < -0.3 is 14.8 Å². The number of hydrogen-bond acceptors (Lipinski definition) is 6. The Morgan fingerprint density at radius 3 is 2.96 bits per heavy atom. The maximum Gasteiger partial charge on any atom is 0.267 e. The first-order valence-electron chi connectivity index (χ1n) is 7.35. The van der Waals surface area contributed by atoms with Crippen molar-refractivity contribution in [2.45, 2.75) is 18.2 Å². The third-order valence-electron chi connectivity index (χ3n) is 3.73. The molecule has 0 unspecified atom stereocenters. The van der Waals surface area contributed by atoms with E-state index in [0.717, 1.165) is 11.3 Å². The molecule has 1 amide bonds. The van der Waals surface area contributed by atoms with Gasteiger partial charge in [-0.2, -0.15) is 0 Å². The number of fused-ring (bicyclic) bond motifs is 1. The summed E-state index contributed by atoms with van der Waals surface area (Å²) in [5, 5.41) is 3.40. The quantitative estimate of drug-likeness (QED) is 0.821. The predicted octanol–water partition coefficient (Wildman–Crippen LogP) is 1.30. The molecule has 0 aliphatic carbocycles. The highest BCUT2D eigenvalue weighted by Crippen LogP contribution is 2.24. The zero-order valence-corrected chi connectivity index (χ0v) is 14.2. The minimum Gasteiger partial charge on any atom is -0.497 e. The number of carbonyl (C=O) groups excluding carboxylic acids is 1. The molecule has 2 heterocycles. The van der Waals surface area contributed by atoms with Gasteiger partial charge in [-0.15, -0.1) is 0 Å². The van der Waals surface area contributed by atoms with E-state index in [1.165, 1.54) is 22.5 Å². The van der Waals surface area contributed by atoms with E-state index in [-0.39, 0.29) is 17.7 Å². The van der Waals surface area contributed by atoms with Gasteiger partial charge in [0.05, 0.1) is 14.2 Å². The monoisotopic (exact) mass is 347 g/mol. The van der Waals surface area contributed by atoms with E-state index in [4.69, 9.17) is 9.47 Å². The molecule has 2 aromatic rings. The Kier molecular flexibility index (Phi) is 4.75. The highest BCUT2D eigenvalue weighted by Gasteiger charge is 2.20. The van der Waals surface area contributed by atoms with Crippen LogP contribution in [0.3, 0.4) is 0 Å². The van der Waals surface area contributed by atoms with Gasteiger partial charge in [-0.05, 0) is 18.2 Å². The van der Waals surface area contributed by atoms with Crippen molar-refractivity contribution < 1.29 is 14.3 Å². The summed E-state index contributed by atoms with van der Waals surface area (Å²) in [4.78, 5) is 28.9. The second-order valence-corrected chi connectivity index (χ2v) is 6.18. The number of amides is 1. The summed E-state index contributed by atoms with van der Waals surface area (Å²) in [5.74, 6) is 1.64. The normalized spacial score (nSPS) is 12.6. The lowest BCUT2D eigenvalue weighted by atomic mass is 10.2. The molecule has 0 fully saturated rings. The van der Waals surface area contributed by atoms with Crippen molar-refractivity contribution >= 4 is 17.7 Å². The van der Waals surface area contributed by atoms with Crippen LogP contribution >= 0.6 is 11.8 Å². The number of rotatable bonds is 5. The first-order valence-corrected chi connectivity index (χ1v) is 8.34. The molecule has 0 saturated carbocycles. The molecule has 24 heavy (non-hydrogen) atoms. The molecular formula is C16H17N3O4S. The zero-order valence-electron chi connectivity index (χ0n) is 13.4. The van der Waals surface area contributed by atoms with E-state index in [1.807, 2.05) is 0 Å². The number of hydrogen-bond donors (Lipinski definition) is 1. The fourth-order valence-corrected chi connectivity index (χ4v) is 3.38. The maximum absolute atomic E-state index is 12.3.